The number of aliphatic hydroxyl groups excluding tert-OH is 2. The highest BCUT2D eigenvalue weighted by molar-refractivity contribution is 4.82. The molecule has 0 unspecified atom stereocenters. The first kappa shape index (κ1) is 9.96. The fourth-order valence-electron chi connectivity index (χ4n) is 1.15. The number of hydrogen-bond donors (Lipinski definition) is 3. The molecule has 72 valence electrons. The molecule has 0 radical (unpaired) electrons. The summed E-state index contributed by atoms with van der Waals surface area (Å²) in [5.41, 5.74) is -0.491. The van der Waals surface area contributed by atoms with Crippen LogP contribution in [0.15, 0.2) is 0 Å². The second kappa shape index (κ2) is 4.21. The first-order chi connectivity index (χ1) is 5.70. The highest BCUT2D eigenvalue weighted by Crippen LogP contribution is 2.31. The van der Waals surface area contributed by atoms with Crippen LogP contribution in [-0.2, 0) is 0 Å². The molecular weight excluding hydrogens is 154 g/mol. The third-order valence-electron chi connectivity index (χ3n) is 2.50. The Kier molecular flexibility index (Phi) is 3.50. The van der Waals surface area contributed by atoms with Crippen molar-refractivity contribution in [3.63, 3.8) is 0 Å². The van der Waals surface area contributed by atoms with Crippen molar-refractivity contribution >= 4 is 0 Å². The van der Waals surface area contributed by atoms with Gasteiger partial charge in [0.2, 0.25) is 0 Å². The lowest BCUT2D eigenvalue weighted by atomic mass is 10.1. The van der Waals surface area contributed by atoms with E-state index in [1.165, 1.54) is 19.3 Å². The van der Waals surface area contributed by atoms with E-state index in [4.69, 9.17) is 10.2 Å². The van der Waals surface area contributed by atoms with Crippen LogP contribution in [0.4, 0.5) is 0 Å². The van der Waals surface area contributed by atoms with Crippen molar-refractivity contribution < 1.29 is 10.2 Å². The van der Waals surface area contributed by atoms with Gasteiger partial charge in [-0.2, -0.15) is 0 Å². The van der Waals surface area contributed by atoms with Gasteiger partial charge >= 0.3 is 0 Å². The van der Waals surface area contributed by atoms with Gasteiger partial charge in [-0.25, -0.2) is 0 Å². The van der Waals surface area contributed by atoms with E-state index in [1.54, 1.807) is 0 Å². The largest absolute Gasteiger partial charge is 0.394 e. The van der Waals surface area contributed by atoms with Gasteiger partial charge in [-0.1, -0.05) is 12.8 Å². The second-order valence-corrected chi connectivity index (χ2v) is 4.04. The normalized spacial score (nSPS) is 18.2. The van der Waals surface area contributed by atoms with Gasteiger partial charge in [-0.05, 0) is 25.8 Å². The standard InChI is InChI=1S/C9H19NO2/c1-9(6-11,7-12)10-5-4-8-2-3-8/h8,10-12H,2-7H2,1H3. The summed E-state index contributed by atoms with van der Waals surface area (Å²) in [4.78, 5) is 0. The first-order valence-corrected chi connectivity index (χ1v) is 4.67. The summed E-state index contributed by atoms with van der Waals surface area (Å²) >= 11 is 0. The molecule has 1 rings (SSSR count). The predicted molar refractivity (Wildman–Crippen MR) is 47.9 cm³/mol. The number of aliphatic hydroxyl groups is 2. The zero-order chi connectivity index (χ0) is 9.03. The van der Waals surface area contributed by atoms with Gasteiger partial charge in [0.1, 0.15) is 0 Å². The molecule has 3 heteroatoms. The van der Waals surface area contributed by atoms with Crippen molar-refractivity contribution in [1.29, 1.82) is 0 Å². The highest BCUT2D eigenvalue weighted by atomic mass is 16.3. The fraction of sp³-hybridized carbons (Fsp3) is 1.00. The Morgan fingerprint density at radius 1 is 1.33 bits per heavy atom. The zero-order valence-corrected chi connectivity index (χ0v) is 7.71. The van der Waals surface area contributed by atoms with Crippen molar-refractivity contribution in [1.82, 2.24) is 5.32 Å². The Hall–Kier alpha value is -0.120. The SMILES string of the molecule is CC(CO)(CO)NCCC1CC1. The molecule has 0 atom stereocenters. The number of rotatable bonds is 6. The Morgan fingerprint density at radius 3 is 2.33 bits per heavy atom. The van der Waals surface area contributed by atoms with Gasteiger partial charge in [-0.3, -0.25) is 0 Å². The van der Waals surface area contributed by atoms with E-state index in [1.807, 2.05) is 6.92 Å². The molecule has 1 saturated carbocycles. The molecule has 0 aromatic rings. The van der Waals surface area contributed by atoms with E-state index >= 15 is 0 Å². The van der Waals surface area contributed by atoms with Crippen LogP contribution in [0.1, 0.15) is 26.2 Å². The first-order valence-electron chi connectivity index (χ1n) is 4.67. The maximum atomic E-state index is 8.94. The molecule has 0 aromatic heterocycles. The third-order valence-corrected chi connectivity index (χ3v) is 2.50. The van der Waals surface area contributed by atoms with Crippen LogP contribution in [0.2, 0.25) is 0 Å². The van der Waals surface area contributed by atoms with Crippen LogP contribution < -0.4 is 5.32 Å². The lowest BCUT2D eigenvalue weighted by Crippen LogP contribution is -2.49. The van der Waals surface area contributed by atoms with E-state index < -0.39 is 5.54 Å². The highest BCUT2D eigenvalue weighted by Gasteiger charge is 2.24. The van der Waals surface area contributed by atoms with Crippen LogP contribution in [0, 0.1) is 5.92 Å². The van der Waals surface area contributed by atoms with Crippen molar-refractivity contribution in [2.45, 2.75) is 31.7 Å². The lowest BCUT2D eigenvalue weighted by molar-refractivity contribution is 0.104. The Balaban J connectivity index is 2.08. The molecule has 3 N–H and O–H groups in total. The van der Waals surface area contributed by atoms with E-state index in [-0.39, 0.29) is 13.2 Å². The summed E-state index contributed by atoms with van der Waals surface area (Å²) < 4.78 is 0. The van der Waals surface area contributed by atoms with Crippen molar-refractivity contribution in [2.24, 2.45) is 5.92 Å². The summed E-state index contributed by atoms with van der Waals surface area (Å²) in [6, 6.07) is 0. The van der Waals surface area contributed by atoms with Gasteiger partial charge in [0.25, 0.3) is 0 Å². The van der Waals surface area contributed by atoms with Crippen LogP contribution in [-0.4, -0.2) is 35.5 Å². The topological polar surface area (TPSA) is 52.5 Å². The zero-order valence-electron chi connectivity index (χ0n) is 7.71. The van der Waals surface area contributed by atoms with Gasteiger partial charge in [0, 0.05) is 0 Å². The molecule has 1 fully saturated rings. The Morgan fingerprint density at radius 2 is 1.92 bits per heavy atom. The molecule has 1 aliphatic rings. The average Bonchev–Trinajstić information content (AvgIpc) is 2.88. The van der Waals surface area contributed by atoms with Crippen molar-refractivity contribution in [3.05, 3.63) is 0 Å². The lowest BCUT2D eigenvalue weighted by Gasteiger charge is -2.26. The van der Waals surface area contributed by atoms with Gasteiger partial charge < -0.3 is 15.5 Å². The summed E-state index contributed by atoms with van der Waals surface area (Å²) in [6.45, 7) is 2.73. The fourth-order valence-corrected chi connectivity index (χ4v) is 1.15. The maximum absolute atomic E-state index is 8.94. The quantitative estimate of drug-likeness (QED) is 0.535. The monoisotopic (exact) mass is 173 g/mol. The molecule has 3 nitrogen and oxygen atoms in total. The number of nitrogens with one attached hydrogen (secondary N) is 1. The van der Waals surface area contributed by atoms with Gasteiger partial charge in [0.15, 0.2) is 0 Å². The minimum absolute atomic E-state index is 0.00579. The molecule has 1 aliphatic carbocycles. The summed E-state index contributed by atoms with van der Waals surface area (Å²) in [7, 11) is 0. The summed E-state index contributed by atoms with van der Waals surface area (Å²) in [6.07, 6.45) is 3.89. The van der Waals surface area contributed by atoms with Crippen LogP contribution >= 0.6 is 0 Å². The van der Waals surface area contributed by atoms with E-state index in [9.17, 15) is 0 Å². The molecule has 0 amide bonds. The third kappa shape index (κ3) is 3.09. The van der Waals surface area contributed by atoms with Gasteiger partial charge in [0.05, 0.1) is 18.8 Å². The maximum Gasteiger partial charge on any atom is 0.0633 e. The molecule has 12 heavy (non-hydrogen) atoms. The van der Waals surface area contributed by atoms with E-state index in [0.29, 0.717) is 0 Å². The van der Waals surface area contributed by atoms with Gasteiger partial charge in [-0.15, -0.1) is 0 Å². The van der Waals surface area contributed by atoms with Crippen molar-refractivity contribution in [3.8, 4) is 0 Å². The molecule has 0 heterocycles. The summed E-state index contributed by atoms with van der Waals surface area (Å²) in [5.74, 6) is 0.902. The average molecular weight is 173 g/mol. The van der Waals surface area contributed by atoms with E-state index in [2.05, 4.69) is 5.32 Å². The van der Waals surface area contributed by atoms with Crippen molar-refractivity contribution in [2.75, 3.05) is 19.8 Å². The molecule has 0 aliphatic heterocycles. The molecular formula is C9H19NO2. The van der Waals surface area contributed by atoms with Crippen LogP contribution in [0.3, 0.4) is 0 Å². The minimum Gasteiger partial charge on any atom is -0.394 e. The second-order valence-electron chi connectivity index (χ2n) is 4.04. The molecule has 0 bridgehead atoms. The molecule has 0 aromatic carbocycles. The minimum atomic E-state index is -0.491. The summed E-state index contributed by atoms with van der Waals surface area (Å²) in [5, 5.41) is 21.1. The Labute approximate surface area is 73.8 Å². The predicted octanol–water partition coefficient (Wildman–Crippen LogP) is 0.119. The van der Waals surface area contributed by atoms with E-state index in [0.717, 1.165) is 12.5 Å². The smallest absolute Gasteiger partial charge is 0.0633 e. The van der Waals surface area contributed by atoms with Crippen LogP contribution in [0.5, 0.6) is 0 Å². The number of hydrogen-bond acceptors (Lipinski definition) is 3. The Bertz CT molecular complexity index is 130. The molecule has 0 spiro atoms. The van der Waals surface area contributed by atoms with Crippen LogP contribution in [0.25, 0.3) is 0 Å². The molecule has 0 saturated heterocycles.